The van der Waals surface area contributed by atoms with E-state index in [0.29, 0.717) is 5.41 Å². The van der Waals surface area contributed by atoms with Crippen molar-refractivity contribution in [1.82, 2.24) is 19.8 Å². The van der Waals surface area contributed by atoms with Gasteiger partial charge in [0.05, 0.1) is 12.9 Å². The number of nitrogens with zero attached hydrogens (tertiary/aromatic N) is 4. The number of rotatable bonds is 4. The fraction of sp³-hybridized carbons (Fsp3) is 0.733. The molecule has 0 aliphatic carbocycles. The monoisotopic (exact) mass is 419 g/mol. The van der Waals surface area contributed by atoms with Crippen molar-refractivity contribution in [2.75, 3.05) is 39.9 Å². The molecule has 0 aromatic carbocycles. The highest BCUT2D eigenvalue weighted by Crippen LogP contribution is 2.38. The first-order valence-electron chi connectivity index (χ1n) is 7.80. The van der Waals surface area contributed by atoms with Crippen molar-refractivity contribution in [1.29, 1.82) is 0 Å². The molecule has 3 heterocycles. The third kappa shape index (κ3) is 4.13. The van der Waals surface area contributed by atoms with Crippen molar-refractivity contribution in [3.05, 3.63) is 18.7 Å². The van der Waals surface area contributed by atoms with Gasteiger partial charge in [-0.25, -0.2) is 4.98 Å². The van der Waals surface area contributed by atoms with Gasteiger partial charge in [0.25, 0.3) is 0 Å². The van der Waals surface area contributed by atoms with Crippen LogP contribution in [0.25, 0.3) is 0 Å². The number of aryl methyl sites for hydroxylation is 1. The molecule has 1 aromatic rings. The molecule has 2 fully saturated rings. The zero-order chi connectivity index (χ0) is 14.5. The maximum absolute atomic E-state index is 5.59. The summed E-state index contributed by atoms with van der Waals surface area (Å²) in [5.74, 6) is 1.03. The molecular weight excluding hydrogens is 393 g/mol. The van der Waals surface area contributed by atoms with Crippen LogP contribution in [-0.4, -0.2) is 60.3 Å². The Labute approximate surface area is 149 Å². The summed E-state index contributed by atoms with van der Waals surface area (Å²) in [5, 5.41) is 3.48. The molecule has 0 amide bonds. The molecule has 22 heavy (non-hydrogen) atoms. The Morgan fingerprint density at radius 1 is 1.45 bits per heavy atom. The highest BCUT2D eigenvalue weighted by atomic mass is 127. The second-order valence-electron chi connectivity index (χ2n) is 6.10. The number of aromatic nitrogens is 2. The maximum atomic E-state index is 5.59. The Bertz CT molecular complexity index is 470. The lowest BCUT2D eigenvalue weighted by molar-refractivity contribution is 0.156. The molecule has 7 heteroatoms. The summed E-state index contributed by atoms with van der Waals surface area (Å²) < 4.78 is 7.69. The molecule has 1 unspecified atom stereocenters. The van der Waals surface area contributed by atoms with E-state index in [9.17, 15) is 0 Å². The number of likely N-dealkylation sites (tertiary alicyclic amines) is 1. The van der Waals surface area contributed by atoms with E-state index in [1.165, 1.54) is 12.8 Å². The van der Waals surface area contributed by atoms with Crippen LogP contribution in [0.4, 0.5) is 0 Å². The van der Waals surface area contributed by atoms with Crippen LogP contribution in [0.3, 0.4) is 0 Å². The number of ether oxygens (including phenoxy) is 1. The summed E-state index contributed by atoms with van der Waals surface area (Å²) in [7, 11) is 1.87. The molecule has 0 saturated carbocycles. The summed E-state index contributed by atoms with van der Waals surface area (Å²) in [6, 6.07) is 0. The molecule has 124 valence electrons. The molecule has 1 N–H and O–H groups in total. The number of imidazole rings is 1. The highest BCUT2D eigenvalue weighted by Gasteiger charge is 2.42. The Hall–Kier alpha value is -0.830. The van der Waals surface area contributed by atoms with Gasteiger partial charge >= 0.3 is 0 Å². The van der Waals surface area contributed by atoms with Crippen molar-refractivity contribution in [3.8, 4) is 0 Å². The molecule has 2 saturated heterocycles. The summed E-state index contributed by atoms with van der Waals surface area (Å²) in [6.07, 6.45) is 9.17. The van der Waals surface area contributed by atoms with Gasteiger partial charge in [0.15, 0.2) is 5.96 Å². The average Bonchev–Trinajstić information content (AvgIpc) is 3.24. The van der Waals surface area contributed by atoms with Crippen LogP contribution in [-0.2, 0) is 11.3 Å². The molecule has 6 nitrogen and oxygen atoms in total. The van der Waals surface area contributed by atoms with Crippen molar-refractivity contribution in [2.45, 2.75) is 25.8 Å². The van der Waals surface area contributed by atoms with Gasteiger partial charge in [-0.15, -0.1) is 24.0 Å². The standard InChI is InChI=1S/C15H25N5O.HI/c1-16-14(18-5-2-7-19-9-6-17-13-19)20-8-3-15(11-20)4-10-21-12-15;/h6,9,13H,2-5,7-8,10-12H2,1H3,(H,16,18);1H. The number of aliphatic imine (C=N–C) groups is 1. The lowest BCUT2D eigenvalue weighted by Gasteiger charge is -2.25. The zero-order valence-corrected chi connectivity index (χ0v) is 15.5. The van der Waals surface area contributed by atoms with E-state index in [4.69, 9.17) is 4.74 Å². The molecule has 1 aromatic heterocycles. The van der Waals surface area contributed by atoms with E-state index in [0.717, 1.165) is 51.8 Å². The topological polar surface area (TPSA) is 54.7 Å². The molecular formula is C15H26IN5O. The number of halogens is 1. The average molecular weight is 419 g/mol. The first-order chi connectivity index (χ1) is 10.3. The van der Waals surface area contributed by atoms with Crippen LogP contribution in [0.5, 0.6) is 0 Å². The number of nitrogens with one attached hydrogen (secondary N) is 1. The van der Waals surface area contributed by atoms with Gasteiger partial charge in [-0.05, 0) is 19.3 Å². The van der Waals surface area contributed by atoms with Crippen molar-refractivity contribution >= 4 is 29.9 Å². The molecule has 2 aliphatic rings. The summed E-state index contributed by atoms with van der Waals surface area (Å²) in [5.41, 5.74) is 0.383. The SMILES string of the molecule is CN=C(NCCCn1ccnc1)N1CCC2(CCOC2)C1.I. The van der Waals surface area contributed by atoms with Gasteiger partial charge in [-0.3, -0.25) is 4.99 Å². The van der Waals surface area contributed by atoms with Crippen LogP contribution < -0.4 is 5.32 Å². The molecule has 0 radical (unpaired) electrons. The summed E-state index contributed by atoms with van der Waals surface area (Å²) in [6.45, 7) is 5.93. The highest BCUT2D eigenvalue weighted by molar-refractivity contribution is 14.0. The van der Waals surface area contributed by atoms with Gasteiger partial charge in [0, 0.05) is 57.6 Å². The number of guanidine groups is 1. The van der Waals surface area contributed by atoms with E-state index in [1.807, 2.05) is 25.8 Å². The second kappa shape index (κ2) is 8.14. The van der Waals surface area contributed by atoms with E-state index in [2.05, 4.69) is 24.8 Å². The van der Waals surface area contributed by atoms with Crippen LogP contribution >= 0.6 is 24.0 Å². The smallest absolute Gasteiger partial charge is 0.193 e. The molecule has 1 atom stereocenters. The van der Waals surface area contributed by atoms with Crippen LogP contribution in [0.15, 0.2) is 23.7 Å². The summed E-state index contributed by atoms with van der Waals surface area (Å²) >= 11 is 0. The minimum atomic E-state index is 0. The van der Waals surface area contributed by atoms with Crippen molar-refractivity contribution in [3.63, 3.8) is 0 Å². The third-order valence-corrected chi connectivity index (χ3v) is 4.57. The van der Waals surface area contributed by atoms with E-state index in [1.54, 1.807) is 0 Å². The lowest BCUT2D eigenvalue weighted by atomic mass is 9.87. The summed E-state index contributed by atoms with van der Waals surface area (Å²) in [4.78, 5) is 10.9. The molecule has 2 aliphatic heterocycles. The minimum Gasteiger partial charge on any atom is -0.381 e. The van der Waals surface area contributed by atoms with Crippen LogP contribution in [0, 0.1) is 5.41 Å². The van der Waals surface area contributed by atoms with E-state index >= 15 is 0 Å². The Morgan fingerprint density at radius 2 is 2.36 bits per heavy atom. The fourth-order valence-electron chi connectivity index (χ4n) is 3.30. The number of hydrogen-bond donors (Lipinski definition) is 1. The molecule has 0 bridgehead atoms. The van der Waals surface area contributed by atoms with E-state index < -0.39 is 0 Å². The molecule has 1 spiro atoms. The van der Waals surface area contributed by atoms with Crippen LogP contribution in [0.1, 0.15) is 19.3 Å². The maximum Gasteiger partial charge on any atom is 0.193 e. The quantitative estimate of drug-likeness (QED) is 0.349. The predicted molar refractivity (Wildman–Crippen MR) is 97.7 cm³/mol. The van der Waals surface area contributed by atoms with Crippen molar-refractivity contribution in [2.24, 2.45) is 10.4 Å². The molecule has 3 rings (SSSR count). The minimum absolute atomic E-state index is 0. The van der Waals surface area contributed by atoms with Crippen LogP contribution in [0.2, 0.25) is 0 Å². The Balaban J connectivity index is 0.00000176. The predicted octanol–water partition coefficient (Wildman–Crippen LogP) is 1.58. The lowest BCUT2D eigenvalue weighted by Crippen LogP contribution is -2.41. The van der Waals surface area contributed by atoms with E-state index in [-0.39, 0.29) is 24.0 Å². The van der Waals surface area contributed by atoms with Gasteiger partial charge in [0.1, 0.15) is 0 Å². The first kappa shape index (κ1) is 17.5. The second-order valence-corrected chi connectivity index (χ2v) is 6.10. The largest absolute Gasteiger partial charge is 0.381 e. The van der Waals surface area contributed by atoms with Gasteiger partial charge < -0.3 is 19.5 Å². The normalized spacial score (nSPS) is 24.8. The van der Waals surface area contributed by atoms with Gasteiger partial charge in [-0.2, -0.15) is 0 Å². The van der Waals surface area contributed by atoms with Crippen molar-refractivity contribution < 1.29 is 4.74 Å². The Morgan fingerprint density at radius 3 is 3.05 bits per heavy atom. The zero-order valence-electron chi connectivity index (χ0n) is 13.2. The van der Waals surface area contributed by atoms with Gasteiger partial charge in [0.2, 0.25) is 0 Å². The van der Waals surface area contributed by atoms with Gasteiger partial charge in [-0.1, -0.05) is 0 Å². The fourth-order valence-corrected chi connectivity index (χ4v) is 3.30. The Kier molecular flexibility index (Phi) is 6.49. The first-order valence-corrected chi connectivity index (χ1v) is 7.80. The number of hydrogen-bond acceptors (Lipinski definition) is 3. The third-order valence-electron chi connectivity index (χ3n) is 4.57.